The summed E-state index contributed by atoms with van der Waals surface area (Å²) in [7, 11) is 0. The third-order valence-electron chi connectivity index (χ3n) is 5.32. The predicted molar refractivity (Wildman–Crippen MR) is 129 cm³/mol. The first kappa shape index (κ1) is 18.0. The van der Waals surface area contributed by atoms with Gasteiger partial charge < -0.3 is 4.57 Å². The number of benzene rings is 4. The van der Waals surface area contributed by atoms with E-state index in [2.05, 4.69) is 131 Å². The second-order valence-electron chi connectivity index (χ2n) is 7.19. The Balaban J connectivity index is 1.86. The summed E-state index contributed by atoms with van der Waals surface area (Å²) in [5, 5.41) is 2.55. The lowest BCUT2D eigenvalue weighted by molar-refractivity contribution is 1.18. The van der Waals surface area contributed by atoms with E-state index in [0.29, 0.717) is 0 Å². The van der Waals surface area contributed by atoms with E-state index in [4.69, 9.17) is 0 Å². The molecule has 0 saturated carbocycles. The van der Waals surface area contributed by atoms with Crippen molar-refractivity contribution in [3.63, 3.8) is 0 Å². The number of hydrogen-bond donors (Lipinski definition) is 0. The van der Waals surface area contributed by atoms with Crippen molar-refractivity contribution in [3.8, 4) is 16.8 Å². The standard InChI is InChI=1S/C27H20BrN/c1-2-7-19-12-14-24-25-15-13-21(20-8-6-9-22(28)17-20)18-27(25)29(26(24)16-19)23-10-4-3-5-11-23/h2-18H,1H3/b7-2+. The lowest BCUT2D eigenvalue weighted by atomic mass is 10.0. The van der Waals surface area contributed by atoms with E-state index in [1.165, 1.54) is 44.2 Å². The Morgan fingerprint density at radius 1 is 0.690 bits per heavy atom. The second kappa shape index (κ2) is 7.38. The minimum Gasteiger partial charge on any atom is -0.309 e. The molecule has 0 N–H and O–H groups in total. The van der Waals surface area contributed by atoms with Gasteiger partial charge in [0.05, 0.1) is 11.0 Å². The molecule has 0 radical (unpaired) electrons. The fourth-order valence-electron chi connectivity index (χ4n) is 4.03. The largest absolute Gasteiger partial charge is 0.309 e. The first-order valence-electron chi connectivity index (χ1n) is 9.77. The molecular weight excluding hydrogens is 418 g/mol. The highest BCUT2D eigenvalue weighted by molar-refractivity contribution is 9.10. The average molecular weight is 438 g/mol. The number of rotatable bonds is 3. The molecule has 0 saturated heterocycles. The summed E-state index contributed by atoms with van der Waals surface area (Å²) in [5.41, 5.74) is 7.27. The molecule has 0 fully saturated rings. The maximum absolute atomic E-state index is 3.60. The number of hydrogen-bond acceptors (Lipinski definition) is 0. The summed E-state index contributed by atoms with van der Waals surface area (Å²) < 4.78 is 3.47. The Labute approximate surface area is 179 Å². The zero-order valence-electron chi connectivity index (χ0n) is 16.1. The molecule has 29 heavy (non-hydrogen) atoms. The molecule has 0 aliphatic carbocycles. The van der Waals surface area contributed by atoms with E-state index in [0.717, 1.165) is 4.47 Å². The number of para-hydroxylation sites is 1. The zero-order valence-corrected chi connectivity index (χ0v) is 17.7. The Hall–Kier alpha value is -3.10. The van der Waals surface area contributed by atoms with Gasteiger partial charge in [-0.3, -0.25) is 0 Å². The van der Waals surface area contributed by atoms with Crippen molar-refractivity contribution in [2.45, 2.75) is 6.92 Å². The van der Waals surface area contributed by atoms with Gasteiger partial charge in [-0.15, -0.1) is 0 Å². The summed E-state index contributed by atoms with van der Waals surface area (Å²) in [4.78, 5) is 0. The molecule has 0 amide bonds. The van der Waals surface area contributed by atoms with Crippen LogP contribution in [-0.4, -0.2) is 4.57 Å². The average Bonchev–Trinajstić information content (AvgIpc) is 3.07. The first-order chi connectivity index (χ1) is 14.2. The van der Waals surface area contributed by atoms with Gasteiger partial charge in [0.15, 0.2) is 0 Å². The van der Waals surface area contributed by atoms with E-state index in [-0.39, 0.29) is 0 Å². The third-order valence-corrected chi connectivity index (χ3v) is 5.82. The van der Waals surface area contributed by atoms with Crippen LogP contribution in [0.5, 0.6) is 0 Å². The normalized spacial score (nSPS) is 11.7. The van der Waals surface area contributed by atoms with Crippen LogP contribution in [0.1, 0.15) is 12.5 Å². The molecule has 5 rings (SSSR count). The highest BCUT2D eigenvalue weighted by atomic mass is 79.9. The molecule has 0 atom stereocenters. The number of allylic oxidation sites excluding steroid dienone is 1. The Kier molecular flexibility index (Phi) is 4.57. The molecular formula is C27H20BrN. The minimum absolute atomic E-state index is 1.09. The molecule has 1 nitrogen and oxygen atoms in total. The van der Waals surface area contributed by atoms with Gasteiger partial charge in [0.25, 0.3) is 0 Å². The lowest BCUT2D eigenvalue weighted by Gasteiger charge is -2.09. The number of fused-ring (bicyclic) bond motifs is 3. The van der Waals surface area contributed by atoms with Crippen LogP contribution < -0.4 is 0 Å². The summed E-state index contributed by atoms with van der Waals surface area (Å²) in [6.07, 6.45) is 4.24. The van der Waals surface area contributed by atoms with E-state index in [9.17, 15) is 0 Å². The zero-order chi connectivity index (χ0) is 19.8. The molecule has 0 bridgehead atoms. The van der Waals surface area contributed by atoms with Crippen molar-refractivity contribution in [2.75, 3.05) is 0 Å². The van der Waals surface area contributed by atoms with E-state index < -0.39 is 0 Å². The molecule has 1 aromatic heterocycles. The van der Waals surface area contributed by atoms with Gasteiger partial charge in [0.2, 0.25) is 0 Å². The summed E-state index contributed by atoms with van der Waals surface area (Å²) in [6.45, 7) is 2.06. The van der Waals surface area contributed by atoms with Gasteiger partial charge >= 0.3 is 0 Å². The van der Waals surface area contributed by atoms with Crippen molar-refractivity contribution < 1.29 is 0 Å². The van der Waals surface area contributed by atoms with Crippen LogP contribution in [0.15, 0.2) is 102 Å². The first-order valence-corrected chi connectivity index (χ1v) is 10.6. The lowest BCUT2D eigenvalue weighted by Crippen LogP contribution is -1.93. The number of aromatic nitrogens is 1. The maximum atomic E-state index is 3.60. The quantitative estimate of drug-likeness (QED) is 0.267. The van der Waals surface area contributed by atoms with Crippen LogP contribution in [0.4, 0.5) is 0 Å². The number of nitrogens with zero attached hydrogens (tertiary/aromatic N) is 1. The summed E-state index contributed by atoms with van der Waals surface area (Å²) >= 11 is 3.60. The second-order valence-corrected chi connectivity index (χ2v) is 8.11. The summed E-state index contributed by atoms with van der Waals surface area (Å²) in [6, 6.07) is 32.6. The van der Waals surface area contributed by atoms with Crippen molar-refractivity contribution in [3.05, 3.63) is 107 Å². The van der Waals surface area contributed by atoms with Crippen LogP contribution in [0, 0.1) is 0 Å². The van der Waals surface area contributed by atoms with Crippen LogP contribution in [-0.2, 0) is 0 Å². The van der Waals surface area contributed by atoms with Crippen LogP contribution in [0.25, 0.3) is 44.7 Å². The molecule has 0 spiro atoms. The van der Waals surface area contributed by atoms with Gasteiger partial charge in [-0.2, -0.15) is 0 Å². The van der Waals surface area contributed by atoms with Gasteiger partial charge in [0, 0.05) is 20.9 Å². The Bertz CT molecular complexity index is 1360. The van der Waals surface area contributed by atoms with Crippen LogP contribution in [0.2, 0.25) is 0 Å². The monoisotopic (exact) mass is 437 g/mol. The fraction of sp³-hybridized carbons (Fsp3) is 0.0370. The molecule has 2 heteroatoms. The Morgan fingerprint density at radius 2 is 1.41 bits per heavy atom. The highest BCUT2D eigenvalue weighted by Gasteiger charge is 2.13. The molecule has 4 aromatic carbocycles. The van der Waals surface area contributed by atoms with E-state index in [1.807, 2.05) is 0 Å². The highest BCUT2D eigenvalue weighted by Crippen LogP contribution is 2.35. The molecule has 140 valence electrons. The maximum Gasteiger partial charge on any atom is 0.0547 e. The number of halogens is 1. The van der Waals surface area contributed by atoms with Gasteiger partial charge in [-0.25, -0.2) is 0 Å². The van der Waals surface area contributed by atoms with Crippen LogP contribution >= 0.6 is 15.9 Å². The van der Waals surface area contributed by atoms with Gasteiger partial charge in [0.1, 0.15) is 0 Å². The predicted octanol–water partition coefficient (Wildman–Crippen LogP) is 8.25. The third kappa shape index (κ3) is 3.20. The summed E-state index contributed by atoms with van der Waals surface area (Å²) in [5.74, 6) is 0. The van der Waals surface area contributed by atoms with Crippen molar-refractivity contribution in [2.24, 2.45) is 0 Å². The van der Waals surface area contributed by atoms with E-state index >= 15 is 0 Å². The molecule has 0 aliphatic heterocycles. The molecule has 5 aromatic rings. The van der Waals surface area contributed by atoms with Crippen molar-refractivity contribution in [1.29, 1.82) is 0 Å². The molecule has 1 heterocycles. The van der Waals surface area contributed by atoms with Gasteiger partial charge in [-0.05, 0) is 60.0 Å². The minimum atomic E-state index is 1.09. The Morgan fingerprint density at radius 3 is 2.17 bits per heavy atom. The van der Waals surface area contributed by atoms with Crippen molar-refractivity contribution >= 4 is 43.8 Å². The molecule has 0 aliphatic rings. The van der Waals surface area contributed by atoms with Crippen LogP contribution in [0.3, 0.4) is 0 Å². The smallest absolute Gasteiger partial charge is 0.0547 e. The molecule has 0 unspecified atom stereocenters. The fourth-order valence-corrected chi connectivity index (χ4v) is 4.43. The van der Waals surface area contributed by atoms with Crippen molar-refractivity contribution in [1.82, 2.24) is 4.57 Å². The van der Waals surface area contributed by atoms with E-state index in [1.54, 1.807) is 0 Å². The van der Waals surface area contributed by atoms with Gasteiger partial charge in [-0.1, -0.05) is 82.7 Å². The SMILES string of the molecule is C/C=C/c1ccc2c3ccc(-c4cccc(Br)c4)cc3n(-c3ccccc3)c2c1. The topological polar surface area (TPSA) is 4.93 Å².